The third kappa shape index (κ3) is 5.13. The van der Waals surface area contributed by atoms with Gasteiger partial charge in [0.2, 0.25) is 5.91 Å². The lowest BCUT2D eigenvalue weighted by Crippen LogP contribution is -2.33. The third-order valence-corrected chi connectivity index (χ3v) is 2.86. The van der Waals surface area contributed by atoms with Crippen LogP contribution in [-0.4, -0.2) is 36.0 Å². The van der Waals surface area contributed by atoms with Crippen LogP contribution < -0.4 is 15.4 Å². The Bertz CT molecular complexity index is 554. The fraction of sp³-hybridized carbons (Fsp3) is 0.357. The maximum absolute atomic E-state index is 11.6. The normalized spacial score (nSPS) is 13.3. The average Bonchev–Trinajstić information content (AvgIpc) is 3.28. The molecular weight excluding hydrogens is 276 g/mol. The largest absolute Gasteiger partial charge is 0.484 e. The summed E-state index contributed by atoms with van der Waals surface area (Å²) in [4.78, 5) is 33.2. The standard InChI is InChI=1S/C14H16N2O5/c17-12(15-7-13(18)19)8-21-11-3-1-2-10(6-11)16-14(20)9-4-5-9/h1-3,6,9H,4-5,7-8H2,(H,15,17)(H,16,20)(H,18,19). The van der Waals surface area contributed by atoms with Crippen molar-refractivity contribution in [2.24, 2.45) is 5.92 Å². The van der Waals surface area contributed by atoms with E-state index in [0.29, 0.717) is 11.4 Å². The number of aliphatic carboxylic acids is 1. The van der Waals surface area contributed by atoms with E-state index in [9.17, 15) is 14.4 Å². The number of nitrogens with one attached hydrogen (secondary N) is 2. The number of carbonyl (C=O) groups is 3. The number of amides is 2. The molecule has 1 aliphatic rings. The zero-order valence-electron chi connectivity index (χ0n) is 11.3. The van der Waals surface area contributed by atoms with Gasteiger partial charge in [0.1, 0.15) is 12.3 Å². The monoisotopic (exact) mass is 292 g/mol. The third-order valence-electron chi connectivity index (χ3n) is 2.86. The van der Waals surface area contributed by atoms with Crippen molar-refractivity contribution in [3.05, 3.63) is 24.3 Å². The maximum atomic E-state index is 11.6. The number of hydrogen-bond donors (Lipinski definition) is 3. The lowest BCUT2D eigenvalue weighted by Gasteiger charge is -2.09. The smallest absolute Gasteiger partial charge is 0.322 e. The molecule has 0 radical (unpaired) electrons. The van der Waals surface area contributed by atoms with Crippen molar-refractivity contribution < 1.29 is 24.2 Å². The second-order valence-electron chi connectivity index (χ2n) is 4.75. The van der Waals surface area contributed by atoms with Gasteiger partial charge in [-0.25, -0.2) is 0 Å². The first kappa shape index (κ1) is 14.8. The van der Waals surface area contributed by atoms with Crippen LogP contribution in [0.4, 0.5) is 5.69 Å². The molecule has 2 amide bonds. The van der Waals surface area contributed by atoms with Gasteiger partial charge in [-0.2, -0.15) is 0 Å². The molecule has 0 heterocycles. The highest BCUT2D eigenvalue weighted by Gasteiger charge is 2.29. The van der Waals surface area contributed by atoms with Gasteiger partial charge in [0.05, 0.1) is 0 Å². The van der Waals surface area contributed by atoms with E-state index >= 15 is 0 Å². The molecule has 1 fully saturated rings. The SMILES string of the molecule is O=C(O)CNC(=O)COc1cccc(NC(=O)C2CC2)c1. The highest BCUT2D eigenvalue weighted by atomic mass is 16.5. The number of rotatable bonds is 7. The summed E-state index contributed by atoms with van der Waals surface area (Å²) in [7, 11) is 0. The topological polar surface area (TPSA) is 105 Å². The van der Waals surface area contributed by atoms with Crippen LogP contribution in [0, 0.1) is 5.92 Å². The van der Waals surface area contributed by atoms with Crippen molar-refractivity contribution in [3.8, 4) is 5.75 Å². The molecule has 0 unspecified atom stereocenters. The minimum atomic E-state index is -1.12. The summed E-state index contributed by atoms with van der Waals surface area (Å²) in [5, 5.41) is 13.4. The number of carboxylic acids is 1. The Morgan fingerprint density at radius 2 is 2.05 bits per heavy atom. The molecule has 0 atom stereocenters. The Labute approximate surface area is 121 Å². The minimum Gasteiger partial charge on any atom is -0.484 e. The second-order valence-corrected chi connectivity index (χ2v) is 4.75. The fourth-order valence-corrected chi connectivity index (χ4v) is 1.63. The highest BCUT2D eigenvalue weighted by Crippen LogP contribution is 2.30. The lowest BCUT2D eigenvalue weighted by molar-refractivity contribution is -0.138. The molecule has 112 valence electrons. The molecule has 0 saturated heterocycles. The van der Waals surface area contributed by atoms with Gasteiger partial charge in [-0.05, 0) is 25.0 Å². The number of ether oxygens (including phenoxy) is 1. The van der Waals surface area contributed by atoms with Gasteiger partial charge < -0.3 is 20.5 Å². The Kier molecular flexibility index (Phi) is 4.76. The van der Waals surface area contributed by atoms with E-state index < -0.39 is 18.4 Å². The van der Waals surface area contributed by atoms with Crippen molar-refractivity contribution in [1.82, 2.24) is 5.32 Å². The summed E-state index contributed by atoms with van der Waals surface area (Å²) < 4.78 is 5.24. The second kappa shape index (κ2) is 6.74. The molecule has 1 aromatic rings. The molecule has 0 aliphatic heterocycles. The number of anilines is 1. The molecule has 21 heavy (non-hydrogen) atoms. The number of hydrogen-bond acceptors (Lipinski definition) is 4. The quantitative estimate of drug-likeness (QED) is 0.683. The Balaban J connectivity index is 1.81. The van der Waals surface area contributed by atoms with E-state index in [1.807, 2.05) is 0 Å². The van der Waals surface area contributed by atoms with Crippen LogP contribution in [0.25, 0.3) is 0 Å². The van der Waals surface area contributed by atoms with E-state index in [-0.39, 0.29) is 18.4 Å². The van der Waals surface area contributed by atoms with Crippen LogP contribution in [-0.2, 0) is 14.4 Å². The van der Waals surface area contributed by atoms with Crippen LogP contribution in [0.1, 0.15) is 12.8 Å². The highest BCUT2D eigenvalue weighted by molar-refractivity contribution is 5.94. The molecule has 0 aromatic heterocycles. The summed E-state index contributed by atoms with van der Waals surface area (Å²) in [5.41, 5.74) is 0.607. The predicted molar refractivity (Wildman–Crippen MR) is 73.9 cm³/mol. The van der Waals surface area contributed by atoms with E-state index in [4.69, 9.17) is 9.84 Å². The summed E-state index contributed by atoms with van der Waals surface area (Å²) in [6.07, 6.45) is 1.84. The van der Waals surface area contributed by atoms with Crippen molar-refractivity contribution in [1.29, 1.82) is 0 Å². The van der Waals surface area contributed by atoms with Gasteiger partial charge in [-0.15, -0.1) is 0 Å². The molecule has 1 aromatic carbocycles. The zero-order chi connectivity index (χ0) is 15.2. The number of carbonyl (C=O) groups excluding carboxylic acids is 2. The van der Waals surface area contributed by atoms with E-state index in [0.717, 1.165) is 12.8 Å². The van der Waals surface area contributed by atoms with E-state index in [1.54, 1.807) is 24.3 Å². The van der Waals surface area contributed by atoms with Gasteiger partial charge in [-0.3, -0.25) is 14.4 Å². The first-order chi connectivity index (χ1) is 10.0. The molecule has 1 saturated carbocycles. The Morgan fingerprint density at radius 3 is 2.71 bits per heavy atom. The van der Waals surface area contributed by atoms with Gasteiger partial charge >= 0.3 is 5.97 Å². The number of benzene rings is 1. The van der Waals surface area contributed by atoms with Crippen molar-refractivity contribution >= 4 is 23.5 Å². The average molecular weight is 292 g/mol. The first-order valence-corrected chi connectivity index (χ1v) is 6.57. The van der Waals surface area contributed by atoms with E-state index in [1.165, 1.54) is 0 Å². The van der Waals surface area contributed by atoms with Crippen LogP contribution in [0.2, 0.25) is 0 Å². The van der Waals surface area contributed by atoms with Crippen molar-refractivity contribution in [3.63, 3.8) is 0 Å². The molecule has 2 rings (SSSR count). The molecule has 7 nitrogen and oxygen atoms in total. The summed E-state index contributed by atoms with van der Waals surface area (Å²) in [6.45, 7) is -0.729. The zero-order valence-corrected chi connectivity index (χ0v) is 11.3. The lowest BCUT2D eigenvalue weighted by atomic mass is 10.3. The molecule has 7 heteroatoms. The van der Waals surface area contributed by atoms with E-state index in [2.05, 4.69) is 10.6 Å². The molecule has 1 aliphatic carbocycles. The summed E-state index contributed by atoms with van der Waals surface area (Å²) >= 11 is 0. The van der Waals surface area contributed by atoms with Crippen LogP contribution in [0.3, 0.4) is 0 Å². The minimum absolute atomic E-state index is 0.00801. The summed E-state index contributed by atoms with van der Waals surface area (Å²) in [5.74, 6) is -1.12. The molecule has 0 bridgehead atoms. The first-order valence-electron chi connectivity index (χ1n) is 6.57. The fourth-order valence-electron chi connectivity index (χ4n) is 1.63. The Morgan fingerprint density at radius 1 is 1.29 bits per heavy atom. The van der Waals surface area contributed by atoms with Gasteiger partial charge in [0, 0.05) is 17.7 Å². The maximum Gasteiger partial charge on any atom is 0.322 e. The van der Waals surface area contributed by atoms with Gasteiger partial charge in [-0.1, -0.05) is 6.07 Å². The van der Waals surface area contributed by atoms with Crippen LogP contribution >= 0.6 is 0 Å². The van der Waals surface area contributed by atoms with Crippen molar-refractivity contribution in [2.75, 3.05) is 18.5 Å². The molecule has 3 N–H and O–H groups in total. The van der Waals surface area contributed by atoms with Crippen LogP contribution in [0.5, 0.6) is 5.75 Å². The van der Waals surface area contributed by atoms with Gasteiger partial charge in [0.25, 0.3) is 5.91 Å². The van der Waals surface area contributed by atoms with Crippen molar-refractivity contribution in [2.45, 2.75) is 12.8 Å². The predicted octanol–water partition coefficient (Wildman–Crippen LogP) is 0.615. The summed E-state index contributed by atoms with van der Waals surface area (Å²) in [6, 6.07) is 6.70. The molecular formula is C14H16N2O5. The number of carboxylic acid groups (broad SMARTS) is 1. The van der Waals surface area contributed by atoms with Gasteiger partial charge in [0.15, 0.2) is 6.61 Å². The Hall–Kier alpha value is -2.57. The van der Waals surface area contributed by atoms with Crippen LogP contribution in [0.15, 0.2) is 24.3 Å². The molecule has 0 spiro atoms.